The van der Waals surface area contributed by atoms with Crippen molar-refractivity contribution in [2.75, 3.05) is 13.1 Å². The lowest BCUT2D eigenvalue weighted by atomic mass is 10.0. The Balaban J connectivity index is 1.60. The van der Waals surface area contributed by atoms with Crippen LogP contribution in [-0.2, 0) is 11.2 Å². The van der Waals surface area contributed by atoms with E-state index in [0.29, 0.717) is 12.3 Å². The molecule has 1 aliphatic heterocycles. The van der Waals surface area contributed by atoms with Gasteiger partial charge in [0, 0.05) is 38.1 Å². The minimum Gasteiger partial charge on any atom is -0.343 e. The molecule has 0 aliphatic carbocycles. The van der Waals surface area contributed by atoms with Crippen LogP contribution in [0.15, 0.2) is 24.8 Å². The van der Waals surface area contributed by atoms with Gasteiger partial charge in [0.1, 0.15) is 5.69 Å². The van der Waals surface area contributed by atoms with Gasteiger partial charge in [-0.05, 0) is 18.8 Å². The zero-order valence-corrected chi connectivity index (χ0v) is 12.1. The summed E-state index contributed by atoms with van der Waals surface area (Å²) in [4.78, 5) is 29.7. The Labute approximate surface area is 123 Å². The molecule has 0 bridgehead atoms. The van der Waals surface area contributed by atoms with Crippen molar-refractivity contribution < 1.29 is 4.79 Å². The maximum absolute atomic E-state index is 11.7. The molecule has 1 saturated heterocycles. The summed E-state index contributed by atoms with van der Waals surface area (Å²) in [5.41, 5.74) is 1.72. The third kappa shape index (κ3) is 3.09. The standard InChI is InChI=1S/C15H19N5O/c1-2-14(21)20-6-3-11(10-20)7-12-8-19-13(9-18-12)15-16-4-5-17-15/h4-5,8-9,11H,2-3,6-7,10H2,1H3,(H,16,17)/t11-/m0/s1. The van der Waals surface area contributed by atoms with E-state index in [-0.39, 0.29) is 5.91 Å². The minimum absolute atomic E-state index is 0.247. The average Bonchev–Trinajstić information content (AvgIpc) is 3.18. The van der Waals surface area contributed by atoms with E-state index < -0.39 is 0 Å². The van der Waals surface area contributed by atoms with Gasteiger partial charge in [0.2, 0.25) is 5.91 Å². The van der Waals surface area contributed by atoms with Crippen molar-refractivity contribution in [1.29, 1.82) is 0 Å². The molecular weight excluding hydrogens is 266 g/mol. The van der Waals surface area contributed by atoms with Crippen molar-refractivity contribution in [2.45, 2.75) is 26.2 Å². The van der Waals surface area contributed by atoms with Gasteiger partial charge in [0.15, 0.2) is 5.82 Å². The number of amides is 1. The molecule has 1 amide bonds. The smallest absolute Gasteiger partial charge is 0.222 e. The van der Waals surface area contributed by atoms with Crippen molar-refractivity contribution in [3.05, 3.63) is 30.5 Å². The van der Waals surface area contributed by atoms with Crippen LogP contribution in [0.3, 0.4) is 0 Å². The van der Waals surface area contributed by atoms with E-state index >= 15 is 0 Å². The summed E-state index contributed by atoms with van der Waals surface area (Å²) in [7, 11) is 0. The van der Waals surface area contributed by atoms with Gasteiger partial charge in [0.05, 0.1) is 11.9 Å². The van der Waals surface area contributed by atoms with Gasteiger partial charge in [-0.2, -0.15) is 0 Å². The van der Waals surface area contributed by atoms with Crippen molar-refractivity contribution in [2.24, 2.45) is 5.92 Å². The molecule has 21 heavy (non-hydrogen) atoms. The SMILES string of the molecule is CCC(=O)N1CC[C@@H](Cc2cnc(-c3ncc[nH]3)cn2)C1. The molecular formula is C15H19N5O. The molecule has 0 unspecified atom stereocenters. The normalized spacial score (nSPS) is 18.1. The summed E-state index contributed by atoms with van der Waals surface area (Å²) in [6, 6.07) is 0. The van der Waals surface area contributed by atoms with Gasteiger partial charge in [-0.3, -0.25) is 9.78 Å². The Morgan fingerprint density at radius 1 is 1.38 bits per heavy atom. The van der Waals surface area contributed by atoms with Crippen LogP contribution in [0.4, 0.5) is 0 Å². The number of nitrogens with one attached hydrogen (secondary N) is 1. The fourth-order valence-electron chi connectivity index (χ4n) is 2.73. The van der Waals surface area contributed by atoms with Crippen LogP contribution < -0.4 is 0 Å². The molecule has 0 radical (unpaired) electrons. The molecule has 2 aromatic heterocycles. The van der Waals surface area contributed by atoms with E-state index in [1.807, 2.05) is 18.0 Å². The summed E-state index contributed by atoms with van der Waals surface area (Å²) in [5, 5.41) is 0. The Morgan fingerprint density at radius 2 is 2.29 bits per heavy atom. The van der Waals surface area contributed by atoms with Crippen molar-refractivity contribution in [1.82, 2.24) is 24.8 Å². The van der Waals surface area contributed by atoms with Crippen molar-refractivity contribution >= 4 is 5.91 Å². The number of aromatic amines is 1. The minimum atomic E-state index is 0.247. The van der Waals surface area contributed by atoms with Gasteiger partial charge in [-0.1, -0.05) is 6.92 Å². The van der Waals surface area contributed by atoms with E-state index in [1.165, 1.54) is 0 Å². The van der Waals surface area contributed by atoms with Gasteiger partial charge < -0.3 is 9.88 Å². The summed E-state index contributed by atoms with van der Waals surface area (Å²) in [5.74, 6) is 1.47. The second kappa shape index (κ2) is 6.03. The third-order valence-electron chi connectivity index (χ3n) is 3.88. The summed E-state index contributed by atoms with van der Waals surface area (Å²) in [6.45, 7) is 3.62. The first-order valence-electron chi connectivity index (χ1n) is 7.34. The molecule has 1 N–H and O–H groups in total. The molecule has 1 atom stereocenters. The molecule has 0 spiro atoms. The van der Waals surface area contributed by atoms with Gasteiger partial charge in [-0.25, -0.2) is 9.97 Å². The number of H-pyrrole nitrogens is 1. The molecule has 3 heterocycles. The number of hydrogen-bond donors (Lipinski definition) is 1. The second-order valence-electron chi connectivity index (χ2n) is 5.38. The van der Waals surface area contributed by atoms with E-state index in [1.54, 1.807) is 18.6 Å². The van der Waals surface area contributed by atoms with E-state index in [4.69, 9.17) is 0 Å². The number of carbonyl (C=O) groups excluding carboxylic acids is 1. The van der Waals surface area contributed by atoms with Crippen LogP contribution in [0.25, 0.3) is 11.5 Å². The number of imidazole rings is 1. The highest BCUT2D eigenvalue weighted by atomic mass is 16.2. The molecule has 6 heteroatoms. The first-order valence-corrected chi connectivity index (χ1v) is 7.34. The maximum atomic E-state index is 11.7. The first-order chi connectivity index (χ1) is 10.3. The van der Waals surface area contributed by atoms with Crippen molar-refractivity contribution in [3.63, 3.8) is 0 Å². The fraction of sp³-hybridized carbons (Fsp3) is 0.467. The summed E-state index contributed by atoms with van der Waals surface area (Å²) >= 11 is 0. The Bertz CT molecular complexity index is 593. The van der Waals surface area contributed by atoms with E-state index in [0.717, 1.165) is 43.1 Å². The lowest BCUT2D eigenvalue weighted by molar-refractivity contribution is -0.129. The molecule has 6 nitrogen and oxygen atoms in total. The third-order valence-corrected chi connectivity index (χ3v) is 3.88. The van der Waals surface area contributed by atoms with Crippen LogP contribution >= 0.6 is 0 Å². The second-order valence-corrected chi connectivity index (χ2v) is 5.38. The number of hydrogen-bond acceptors (Lipinski definition) is 4. The van der Waals surface area contributed by atoms with E-state index in [9.17, 15) is 4.79 Å². The van der Waals surface area contributed by atoms with Gasteiger partial charge >= 0.3 is 0 Å². The largest absolute Gasteiger partial charge is 0.343 e. The molecule has 0 saturated carbocycles. The van der Waals surface area contributed by atoms with Crippen LogP contribution in [0.2, 0.25) is 0 Å². The number of carbonyl (C=O) groups is 1. The molecule has 1 fully saturated rings. The predicted octanol–water partition coefficient (Wildman–Crippen LogP) is 1.67. The van der Waals surface area contributed by atoms with Crippen LogP contribution in [0, 0.1) is 5.92 Å². The quantitative estimate of drug-likeness (QED) is 0.927. The van der Waals surface area contributed by atoms with E-state index in [2.05, 4.69) is 19.9 Å². The lowest BCUT2D eigenvalue weighted by Crippen LogP contribution is -2.28. The van der Waals surface area contributed by atoms with Crippen LogP contribution in [0.5, 0.6) is 0 Å². The monoisotopic (exact) mass is 285 g/mol. The predicted molar refractivity (Wildman–Crippen MR) is 78.3 cm³/mol. The first kappa shape index (κ1) is 13.7. The Kier molecular flexibility index (Phi) is 3.94. The number of aromatic nitrogens is 4. The van der Waals surface area contributed by atoms with Gasteiger partial charge in [0.25, 0.3) is 0 Å². The highest BCUT2D eigenvalue weighted by molar-refractivity contribution is 5.76. The molecule has 3 rings (SSSR count). The highest BCUT2D eigenvalue weighted by Crippen LogP contribution is 2.21. The maximum Gasteiger partial charge on any atom is 0.222 e. The van der Waals surface area contributed by atoms with Crippen molar-refractivity contribution in [3.8, 4) is 11.5 Å². The molecule has 2 aromatic rings. The lowest BCUT2D eigenvalue weighted by Gasteiger charge is -2.15. The molecule has 1 aliphatic rings. The Hall–Kier alpha value is -2.24. The van der Waals surface area contributed by atoms with Crippen LogP contribution in [-0.4, -0.2) is 43.8 Å². The fourth-order valence-corrected chi connectivity index (χ4v) is 2.73. The molecule has 110 valence electrons. The average molecular weight is 285 g/mol. The Morgan fingerprint density at radius 3 is 2.95 bits per heavy atom. The summed E-state index contributed by atoms with van der Waals surface area (Å²) < 4.78 is 0. The van der Waals surface area contributed by atoms with Crippen LogP contribution in [0.1, 0.15) is 25.5 Å². The summed E-state index contributed by atoms with van der Waals surface area (Å²) in [6.07, 6.45) is 9.53. The highest BCUT2D eigenvalue weighted by Gasteiger charge is 2.25. The van der Waals surface area contributed by atoms with Gasteiger partial charge in [-0.15, -0.1) is 0 Å². The number of nitrogens with zero attached hydrogens (tertiary/aromatic N) is 4. The zero-order valence-electron chi connectivity index (χ0n) is 12.1. The molecule has 0 aromatic carbocycles. The topological polar surface area (TPSA) is 74.8 Å². The number of rotatable bonds is 4. The zero-order chi connectivity index (χ0) is 14.7. The number of likely N-dealkylation sites (tertiary alicyclic amines) is 1.